The van der Waals surface area contributed by atoms with E-state index in [0.29, 0.717) is 15.9 Å². The predicted octanol–water partition coefficient (Wildman–Crippen LogP) is 1.77. The molecule has 2 N–H and O–H groups in total. The van der Waals surface area contributed by atoms with Crippen molar-refractivity contribution in [1.82, 2.24) is 0 Å². The summed E-state index contributed by atoms with van der Waals surface area (Å²) in [5.74, 6) is 0.314. The highest BCUT2D eigenvalue weighted by molar-refractivity contribution is 14.1. The normalized spacial score (nSPS) is 9.57. The third-order valence-corrected chi connectivity index (χ3v) is 2.28. The van der Waals surface area contributed by atoms with Gasteiger partial charge in [-0.1, -0.05) is 22.6 Å². The van der Waals surface area contributed by atoms with Crippen LogP contribution in [0.1, 0.15) is 0 Å². The van der Waals surface area contributed by atoms with Gasteiger partial charge in [0.2, 0.25) is 5.91 Å². The number of anilines is 1. The molecule has 0 aliphatic heterocycles. The van der Waals surface area contributed by atoms with E-state index in [9.17, 15) is 9.90 Å². The van der Waals surface area contributed by atoms with E-state index in [4.69, 9.17) is 4.74 Å². The van der Waals surface area contributed by atoms with Crippen LogP contribution in [-0.2, 0) is 4.79 Å². The standard InChI is InChI=1S/C9H10INO3/c1-14-8-4-6(2-3-7(8)12)11-9(13)5-10/h2-4,12H,5H2,1H3,(H,11,13). The van der Waals surface area contributed by atoms with Gasteiger partial charge in [0.15, 0.2) is 11.5 Å². The number of benzene rings is 1. The minimum atomic E-state index is -0.0849. The minimum absolute atomic E-state index is 0.0555. The summed E-state index contributed by atoms with van der Waals surface area (Å²) in [7, 11) is 1.46. The lowest BCUT2D eigenvalue weighted by Gasteiger charge is -2.06. The molecule has 0 aromatic heterocycles. The van der Waals surface area contributed by atoms with Crippen LogP contribution in [0.15, 0.2) is 18.2 Å². The van der Waals surface area contributed by atoms with Crippen molar-refractivity contribution in [2.24, 2.45) is 0 Å². The number of hydrogen-bond acceptors (Lipinski definition) is 3. The first-order valence-corrected chi connectivity index (χ1v) is 5.42. The van der Waals surface area contributed by atoms with Crippen LogP contribution in [0.2, 0.25) is 0 Å². The van der Waals surface area contributed by atoms with Crippen molar-refractivity contribution >= 4 is 34.2 Å². The molecule has 1 rings (SSSR count). The molecule has 0 saturated carbocycles. The molecular weight excluding hydrogens is 297 g/mol. The zero-order valence-electron chi connectivity index (χ0n) is 7.58. The summed E-state index contributed by atoms with van der Waals surface area (Å²) in [6.07, 6.45) is 0. The van der Waals surface area contributed by atoms with Crippen molar-refractivity contribution in [2.75, 3.05) is 16.9 Å². The van der Waals surface area contributed by atoms with Crippen LogP contribution in [-0.4, -0.2) is 22.6 Å². The second-order valence-electron chi connectivity index (χ2n) is 2.57. The lowest BCUT2D eigenvalue weighted by molar-refractivity contribution is -0.113. The maximum absolute atomic E-state index is 11.0. The molecule has 14 heavy (non-hydrogen) atoms. The molecule has 0 fully saturated rings. The second kappa shape index (κ2) is 5.04. The molecular formula is C9H10INO3. The molecule has 4 nitrogen and oxygen atoms in total. The Morgan fingerprint density at radius 1 is 1.64 bits per heavy atom. The Bertz CT molecular complexity index is 341. The van der Waals surface area contributed by atoms with Gasteiger partial charge in [-0.3, -0.25) is 4.79 Å². The number of ether oxygens (including phenoxy) is 1. The Kier molecular flexibility index (Phi) is 3.99. The van der Waals surface area contributed by atoms with Gasteiger partial charge in [0.1, 0.15) is 0 Å². The van der Waals surface area contributed by atoms with Crippen LogP contribution < -0.4 is 10.1 Å². The second-order valence-corrected chi connectivity index (χ2v) is 3.33. The first kappa shape index (κ1) is 11.1. The molecule has 5 heteroatoms. The summed E-state index contributed by atoms with van der Waals surface area (Å²) in [5, 5.41) is 11.9. The summed E-state index contributed by atoms with van der Waals surface area (Å²) < 4.78 is 5.29. The fraction of sp³-hybridized carbons (Fsp3) is 0.222. The van der Waals surface area contributed by atoms with Crippen LogP contribution in [0, 0.1) is 0 Å². The van der Waals surface area contributed by atoms with Gasteiger partial charge in [0, 0.05) is 11.8 Å². The Balaban J connectivity index is 2.84. The van der Waals surface area contributed by atoms with E-state index in [-0.39, 0.29) is 11.7 Å². The number of alkyl halides is 1. The SMILES string of the molecule is COc1cc(NC(=O)CI)ccc1O. The van der Waals surface area contributed by atoms with E-state index in [1.165, 1.54) is 13.2 Å². The number of aromatic hydroxyl groups is 1. The zero-order valence-corrected chi connectivity index (χ0v) is 9.74. The van der Waals surface area contributed by atoms with Gasteiger partial charge in [0.05, 0.1) is 11.5 Å². The average Bonchev–Trinajstić information content (AvgIpc) is 2.20. The molecule has 0 unspecified atom stereocenters. The molecule has 0 spiro atoms. The molecule has 1 aromatic rings. The van der Waals surface area contributed by atoms with Crippen molar-refractivity contribution in [3.8, 4) is 11.5 Å². The maximum Gasteiger partial charge on any atom is 0.234 e. The molecule has 0 atom stereocenters. The summed E-state index contributed by atoms with van der Waals surface area (Å²) >= 11 is 1.97. The predicted molar refractivity (Wildman–Crippen MR) is 62.2 cm³/mol. The monoisotopic (exact) mass is 307 g/mol. The number of carbonyl (C=O) groups is 1. The van der Waals surface area contributed by atoms with Gasteiger partial charge in [-0.05, 0) is 12.1 Å². The van der Waals surface area contributed by atoms with Gasteiger partial charge < -0.3 is 15.2 Å². The van der Waals surface area contributed by atoms with Crippen LogP contribution in [0.3, 0.4) is 0 Å². The maximum atomic E-state index is 11.0. The van der Waals surface area contributed by atoms with E-state index in [1.807, 2.05) is 22.6 Å². The third-order valence-electron chi connectivity index (χ3n) is 1.58. The third kappa shape index (κ3) is 2.76. The molecule has 0 heterocycles. The molecule has 0 bridgehead atoms. The van der Waals surface area contributed by atoms with Crippen LogP contribution in [0.25, 0.3) is 0 Å². The van der Waals surface area contributed by atoms with E-state index in [1.54, 1.807) is 12.1 Å². The highest BCUT2D eigenvalue weighted by Gasteiger charge is 2.04. The quantitative estimate of drug-likeness (QED) is 0.508. The van der Waals surface area contributed by atoms with Gasteiger partial charge >= 0.3 is 0 Å². The molecule has 0 aliphatic carbocycles. The molecule has 1 aromatic carbocycles. The summed E-state index contributed by atoms with van der Waals surface area (Å²) in [5.41, 5.74) is 0.612. The van der Waals surface area contributed by atoms with Gasteiger partial charge in [-0.2, -0.15) is 0 Å². The van der Waals surface area contributed by atoms with E-state index < -0.39 is 0 Å². The Hall–Kier alpha value is -0.980. The Morgan fingerprint density at radius 2 is 2.36 bits per heavy atom. The number of methoxy groups -OCH3 is 1. The first-order valence-electron chi connectivity index (χ1n) is 3.90. The number of phenolic OH excluding ortho intramolecular Hbond substituents is 1. The van der Waals surface area contributed by atoms with Crippen molar-refractivity contribution in [2.45, 2.75) is 0 Å². The van der Waals surface area contributed by atoms with Crippen molar-refractivity contribution in [1.29, 1.82) is 0 Å². The van der Waals surface area contributed by atoms with Gasteiger partial charge in [-0.15, -0.1) is 0 Å². The lowest BCUT2D eigenvalue weighted by atomic mass is 10.3. The fourth-order valence-electron chi connectivity index (χ4n) is 0.950. The number of amides is 1. The van der Waals surface area contributed by atoms with Crippen LogP contribution in [0.4, 0.5) is 5.69 Å². The molecule has 1 amide bonds. The number of hydrogen-bond donors (Lipinski definition) is 2. The van der Waals surface area contributed by atoms with Crippen molar-refractivity contribution in [3.63, 3.8) is 0 Å². The van der Waals surface area contributed by atoms with Gasteiger partial charge in [0.25, 0.3) is 0 Å². The van der Waals surface area contributed by atoms with Crippen LogP contribution in [0.5, 0.6) is 11.5 Å². The van der Waals surface area contributed by atoms with Crippen LogP contribution >= 0.6 is 22.6 Å². The molecule has 76 valence electrons. The fourth-order valence-corrected chi connectivity index (χ4v) is 1.14. The number of phenols is 1. The number of halogens is 1. The Labute approximate surface area is 95.4 Å². The number of carbonyl (C=O) groups excluding carboxylic acids is 1. The summed E-state index contributed by atoms with van der Waals surface area (Å²) in [6, 6.07) is 4.66. The molecule has 0 saturated heterocycles. The lowest BCUT2D eigenvalue weighted by Crippen LogP contribution is -2.12. The van der Waals surface area contributed by atoms with Crippen molar-refractivity contribution < 1.29 is 14.6 Å². The number of rotatable bonds is 3. The smallest absolute Gasteiger partial charge is 0.234 e. The average molecular weight is 307 g/mol. The topological polar surface area (TPSA) is 58.6 Å². The van der Waals surface area contributed by atoms with Gasteiger partial charge in [-0.25, -0.2) is 0 Å². The van der Waals surface area contributed by atoms with E-state index in [0.717, 1.165) is 0 Å². The highest BCUT2D eigenvalue weighted by Crippen LogP contribution is 2.28. The van der Waals surface area contributed by atoms with Crippen molar-refractivity contribution in [3.05, 3.63) is 18.2 Å². The molecule has 0 aliphatic rings. The molecule has 0 radical (unpaired) electrons. The zero-order chi connectivity index (χ0) is 10.6. The largest absolute Gasteiger partial charge is 0.504 e. The first-order chi connectivity index (χ1) is 6.67. The minimum Gasteiger partial charge on any atom is -0.504 e. The summed E-state index contributed by atoms with van der Waals surface area (Å²) in [4.78, 5) is 11.0. The van der Waals surface area contributed by atoms with E-state index in [2.05, 4.69) is 5.32 Å². The number of nitrogens with one attached hydrogen (secondary N) is 1. The highest BCUT2D eigenvalue weighted by atomic mass is 127. The van der Waals surface area contributed by atoms with E-state index >= 15 is 0 Å². The Morgan fingerprint density at radius 3 is 2.93 bits per heavy atom. The summed E-state index contributed by atoms with van der Waals surface area (Å²) in [6.45, 7) is 0.